The van der Waals surface area contributed by atoms with Gasteiger partial charge in [0.2, 0.25) is 0 Å². The molecule has 0 aliphatic heterocycles. The van der Waals surface area contributed by atoms with Crippen molar-refractivity contribution in [1.29, 1.82) is 0 Å². The highest BCUT2D eigenvalue weighted by atomic mass is 16.6. The fraction of sp³-hybridized carbons (Fsp3) is 0.304. The van der Waals surface area contributed by atoms with Crippen molar-refractivity contribution in [3.8, 4) is 5.75 Å². The van der Waals surface area contributed by atoms with Crippen molar-refractivity contribution in [1.82, 2.24) is 10.1 Å². The van der Waals surface area contributed by atoms with E-state index >= 15 is 0 Å². The normalized spacial score (nSPS) is 12.4. The van der Waals surface area contributed by atoms with Crippen molar-refractivity contribution in [2.75, 3.05) is 6.61 Å². The number of oxime groups is 1. The zero-order chi connectivity index (χ0) is 22.1. The van der Waals surface area contributed by atoms with Gasteiger partial charge in [-0.15, -0.1) is 0 Å². The predicted octanol–water partition coefficient (Wildman–Crippen LogP) is 3.90. The lowest BCUT2D eigenvalue weighted by atomic mass is 9.95. The number of aliphatic carboxylic acids is 1. The molecule has 0 aliphatic carbocycles. The Kier molecular flexibility index (Phi) is 7.75. The van der Waals surface area contributed by atoms with Crippen LogP contribution in [0.2, 0.25) is 0 Å². The summed E-state index contributed by atoms with van der Waals surface area (Å²) < 4.78 is 11.0. The molecule has 0 amide bonds. The van der Waals surface area contributed by atoms with Crippen LogP contribution in [0.5, 0.6) is 5.75 Å². The summed E-state index contributed by atoms with van der Waals surface area (Å²) in [6.45, 7) is 3.99. The molecule has 2 aromatic carbocycles. The maximum Gasteiger partial charge on any atom is 0.312 e. The van der Waals surface area contributed by atoms with Crippen molar-refractivity contribution in [2.45, 2.75) is 33.3 Å². The van der Waals surface area contributed by atoms with Crippen LogP contribution < -0.4 is 4.74 Å². The molecule has 31 heavy (non-hydrogen) atoms. The molecule has 162 valence electrons. The number of benzene rings is 2. The van der Waals surface area contributed by atoms with Gasteiger partial charge in [-0.2, -0.15) is 4.98 Å². The zero-order valence-corrected chi connectivity index (χ0v) is 17.5. The lowest BCUT2D eigenvalue weighted by molar-refractivity contribution is -0.139. The van der Waals surface area contributed by atoms with Gasteiger partial charge in [-0.1, -0.05) is 52.8 Å². The van der Waals surface area contributed by atoms with Gasteiger partial charge in [-0.3, -0.25) is 4.79 Å². The predicted molar refractivity (Wildman–Crippen MR) is 114 cm³/mol. The number of hydrogen-bond acceptors (Lipinski definition) is 7. The first-order valence-corrected chi connectivity index (χ1v) is 10.0. The summed E-state index contributed by atoms with van der Waals surface area (Å²) in [5.74, 6) is -0.0745. The molecule has 3 aromatic rings. The van der Waals surface area contributed by atoms with Gasteiger partial charge in [-0.05, 0) is 43.5 Å². The smallest absolute Gasteiger partial charge is 0.312 e. The monoisotopic (exact) mass is 423 g/mol. The van der Waals surface area contributed by atoms with E-state index in [1.165, 1.54) is 0 Å². The van der Waals surface area contributed by atoms with Gasteiger partial charge in [0.05, 0.1) is 5.71 Å². The summed E-state index contributed by atoms with van der Waals surface area (Å²) >= 11 is 0. The van der Waals surface area contributed by atoms with Crippen molar-refractivity contribution < 1.29 is 24.0 Å². The Morgan fingerprint density at radius 1 is 1.13 bits per heavy atom. The van der Waals surface area contributed by atoms with Gasteiger partial charge in [0.25, 0.3) is 5.89 Å². The Labute approximate surface area is 180 Å². The van der Waals surface area contributed by atoms with E-state index in [1.807, 2.05) is 42.5 Å². The molecule has 0 radical (unpaired) electrons. The van der Waals surface area contributed by atoms with E-state index in [9.17, 15) is 9.90 Å². The number of aromatic nitrogens is 2. The highest BCUT2D eigenvalue weighted by molar-refractivity contribution is 6.00. The fourth-order valence-electron chi connectivity index (χ4n) is 2.95. The van der Waals surface area contributed by atoms with E-state index in [4.69, 9.17) is 14.1 Å². The molecule has 1 aromatic heterocycles. The molecule has 1 N–H and O–H groups in total. The van der Waals surface area contributed by atoms with Crippen LogP contribution in [0.3, 0.4) is 0 Å². The Bertz CT molecular complexity index is 1000. The molecule has 8 nitrogen and oxygen atoms in total. The van der Waals surface area contributed by atoms with Crippen LogP contribution in [0.1, 0.15) is 36.7 Å². The van der Waals surface area contributed by atoms with E-state index in [0.29, 0.717) is 42.6 Å². The second-order valence-electron chi connectivity index (χ2n) is 6.94. The molecular formula is C23H25N3O5. The van der Waals surface area contributed by atoms with Crippen molar-refractivity contribution in [3.63, 3.8) is 0 Å². The van der Waals surface area contributed by atoms with Crippen molar-refractivity contribution in [2.24, 2.45) is 11.1 Å². The van der Waals surface area contributed by atoms with Crippen LogP contribution in [0.4, 0.5) is 0 Å². The third-order valence-corrected chi connectivity index (χ3v) is 4.58. The molecule has 0 aliphatic rings. The van der Waals surface area contributed by atoms with Crippen LogP contribution in [0, 0.1) is 5.92 Å². The van der Waals surface area contributed by atoms with Gasteiger partial charge in [0.1, 0.15) is 18.3 Å². The quantitative estimate of drug-likeness (QED) is 0.368. The maximum absolute atomic E-state index is 11.6. The van der Waals surface area contributed by atoms with E-state index in [2.05, 4.69) is 15.3 Å². The van der Waals surface area contributed by atoms with Crippen LogP contribution in [0.15, 0.2) is 64.3 Å². The van der Waals surface area contributed by atoms with Crippen molar-refractivity contribution in [3.05, 3.63) is 77.4 Å². The van der Waals surface area contributed by atoms with Gasteiger partial charge < -0.3 is 19.2 Å². The van der Waals surface area contributed by atoms with Crippen LogP contribution in [0.25, 0.3) is 0 Å². The molecule has 1 atom stereocenters. The van der Waals surface area contributed by atoms with Gasteiger partial charge >= 0.3 is 5.97 Å². The molecule has 0 fully saturated rings. The summed E-state index contributed by atoms with van der Waals surface area (Å²) in [5.41, 5.74) is 2.39. The second-order valence-corrected chi connectivity index (χ2v) is 6.94. The molecule has 3 rings (SSSR count). The molecule has 0 saturated heterocycles. The number of hydrogen-bond donors (Lipinski definition) is 1. The first-order chi connectivity index (χ1) is 15.0. The van der Waals surface area contributed by atoms with Gasteiger partial charge in [0, 0.05) is 6.42 Å². The van der Waals surface area contributed by atoms with Crippen LogP contribution >= 0.6 is 0 Å². The molecule has 0 bridgehead atoms. The molecule has 8 heteroatoms. The topological polar surface area (TPSA) is 107 Å². The first kappa shape index (κ1) is 22.0. The third kappa shape index (κ3) is 6.67. The summed E-state index contributed by atoms with van der Waals surface area (Å²) in [5, 5.41) is 17.3. The lowest BCUT2D eigenvalue weighted by Gasteiger charge is -2.12. The van der Waals surface area contributed by atoms with E-state index in [0.717, 1.165) is 11.1 Å². The largest absolute Gasteiger partial charge is 0.484 e. The summed E-state index contributed by atoms with van der Waals surface area (Å²) in [7, 11) is 0. The number of rotatable bonds is 11. The summed E-state index contributed by atoms with van der Waals surface area (Å²) in [6, 6.07) is 17.1. The molecule has 1 heterocycles. The molecular weight excluding hydrogens is 398 g/mol. The SMILES string of the molecule is CCO/N=C(/C)C(Cc1ccc(OCc2nc(Cc3ccccc3)no2)cc1)C(=O)O. The van der Waals surface area contributed by atoms with Crippen LogP contribution in [-0.2, 0) is 29.1 Å². The fourth-order valence-corrected chi connectivity index (χ4v) is 2.95. The number of carboxylic acid groups (broad SMARTS) is 1. The highest BCUT2D eigenvalue weighted by Gasteiger charge is 2.22. The lowest BCUT2D eigenvalue weighted by Crippen LogP contribution is -2.24. The number of carboxylic acids is 1. The van der Waals surface area contributed by atoms with E-state index in [-0.39, 0.29) is 6.61 Å². The number of carbonyl (C=O) groups is 1. The van der Waals surface area contributed by atoms with E-state index < -0.39 is 11.9 Å². The number of nitrogens with zero attached hydrogens (tertiary/aromatic N) is 3. The Hall–Kier alpha value is -3.68. The highest BCUT2D eigenvalue weighted by Crippen LogP contribution is 2.18. The minimum absolute atomic E-state index is 0.152. The average molecular weight is 423 g/mol. The molecule has 0 saturated carbocycles. The second kappa shape index (κ2) is 10.9. The summed E-state index contributed by atoms with van der Waals surface area (Å²) in [4.78, 5) is 20.9. The Morgan fingerprint density at radius 3 is 2.55 bits per heavy atom. The Balaban J connectivity index is 1.54. The van der Waals surface area contributed by atoms with Gasteiger partial charge in [0.15, 0.2) is 12.4 Å². The average Bonchev–Trinajstić information content (AvgIpc) is 3.23. The van der Waals surface area contributed by atoms with Crippen LogP contribution in [-0.4, -0.2) is 33.5 Å². The summed E-state index contributed by atoms with van der Waals surface area (Å²) in [6.07, 6.45) is 0.903. The van der Waals surface area contributed by atoms with E-state index in [1.54, 1.807) is 26.0 Å². The molecule has 0 spiro atoms. The standard InChI is InChI=1S/C23H25N3O5/c1-3-30-25-16(2)20(23(27)28)13-18-9-11-19(12-10-18)29-15-22-24-21(26-31-22)14-17-7-5-4-6-8-17/h4-12,20H,3,13-15H2,1-2H3,(H,27,28)/b25-16-. The van der Waals surface area contributed by atoms with Crippen molar-refractivity contribution >= 4 is 11.7 Å². The first-order valence-electron chi connectivity index (χ1n) is 10.0. The zero-order valence-electron chi connectivity index (χ0n) is 17.5. The minimum atomic E-state index is -0.941. The number of ether oxygens (including phenoxy) is 1. The maximum atomic E-state index is 11.6. The Morgan fingerprint density at radius 2 is 1.87 bits per heavy atom. The third-order valence-electron chi connectivity index (χ3n) is 4.58. The van der Waals surface area contributed by atoms with Gasteiger partial charge in [-0.25, -0.2) is 0 Å². The molecule has 1 unspecified atom stereocenters. The minimum Gasteiger partial charge on any atom is -0.484 e.